The topological polar surface area (TPSA) is 57.9 Å². The van der Waals surface area contributed by atoms with E-state index in [2.05, 4.69) is 0 Å². The maximum atomic E-state index is 11.1. The molecular formula is C6H10ClNO2S. The van der Waals surface area contributed by atoms with E-state index in [4.69, 9.17) is 16.9 Å². The first kappa shape index (κ1) is 10.7. The zero-order valence-electron chi connectivity index (χ0n) is 6.46. The number of hydrogen-bond donors (Lipinski definition) is 0. The zero-order valence-corrected chi connectivity index (χ0v) is 8.04. The Bertz CT molecular complexity index is 267. The van der Waals surface area contributed by atoms with E-state index in [1.807, 2.05) is 0 Å². The number of alkyl halides is 1. The van der Waals surface area contributed by atoms with Crippen LogP contribution in [0.2, 0.25) is 0 Å². The van der Waals surface area contributed by atoms with Crippen molar-refractivity contribution >= 4 is 21.4 Å². The summed E-state index contributed by atoms with van der Waals surface area (Å²) in [6, 6.07) is 1.60. The Hall–Kier alpha value is -0.270. The molecule has 0 heterocycles. The number of sulfone groups is 1. The molecule has 0 fully saturated rings. The molecule has 5 heteroatoms. The summed E-state index contributed by atoms with van der Waals surface area (Å²) in [5.41, 5.74) is 0. The molecular weight excluding hydrogens is 186 g/mol. The molecule has 0 unspecified atom stereocenters. The van der Waals surface area contributed by atoms with Crippen molar-refractivity contribution in [1.82, 2.24) is 0 Å². The second kappa shape index (κ2) is 3.42. The van der Waals surface area contributed by atoms with Crippen LogP contribution in [-0.4, -0.2) is 18.4 Å². The van der Waals surface area contributed by atoms with Gasteiger partial charge in [-0.15, -0.1) is 0 Å². The highest BCUT2D eigenvalue weighted by Gasteiger charge is 2.38. The van der Waals surface area contributed by atoms with Crippen molar-refractivity contribution in [2.24, 2.45) is 0 Å². The first-order chi connectivity index (χ1) is 4.93. The first-order valence-corrected chi connectivity index (χ1v) is 5.29. The van der Waals surface area contributed by atoms with Crippen LogP contribution in [0.25, 0.3) is 0 Å². The molecule has 0 amide bonds. The second-order valence-corrected chi connectivity index (χ2v) is 5.47. The van der Waals surface area contributed by atoms with E-state index >= 15 is 0 Å². The van der Waals surface area contributed by atoms with Crippen LogP contribution in [0.15, 0.2) is 0 Å². The minimum Gasteiger partial charge on any atom is -0.226 e. The molecule has 64 valence electrons. The molecule has 0 rings (SSSR count). The molecule has 0 radical (unpaired) electrons. The fraction of sp³-hybridized carbons (Fsp3) is 0.833. The lowest BCUT2D eigenvalue weighted by molar-refractivity contribution is 0.582. The molecule has 0 aliphatic heterocycles. The molecule has 0 aliphatic rings. The summed E-state index contributed by atoms with van der Waals surface area (Å²) in [5.74, 6) is -0.0993. The Morgan fingerprint density at radius 2 is 2.00 bits per heavy atom. The Balaban J connectivity index is 4.99. The maximum absolute atomic E-state index is 11.1. The predicted octanol–water partition coefficient (Wildman–Crippen LogP) is 1.29. The van der Waals surface area contributed by atoms with E-state index in [0.29, 0.717) is 0 Å². The van der Waals surface area contributed by atoms with Crippen LogP contribution in [0.5, 0.6) is 0 Å². The van der Waals surface area contributed by atoms with Crippen LogP contribution in [0.1, 0.15) is 20.3 Å². The summed E-state index contributed by atoms with van der Waals surface area (Å²) in [7, 11) is -3.46. The predicted molar refractivity (Wildman–Crippen MR) is 43.9 cm³/mol. The van der Waals surface area contributed by atoms with Crippen molar-refractivity contribution in [1.29, 1.82) is 5.26 Å². The normalized spacial score (nSPS) is 16.9. The van der Waals surface area contributed by atoms with Gasteiger partial charge in [0, 0.05) is 0 Å². The Morgan fingerprint density at radius 3 is 2.09 bits per heavy atom. The van der Waals surface area contributed by atoms with Crippen LogP contribution < -0.4 is 0 Å². The van der Waals surface area contributed by atoms with Gasteiger partial charge in [0.05, 0.1) is 5.75 Å². The monoisotopic (exact) mass is 195 g/mol. The number of nitrogens with zero attached hydrogens (tertiary/aromatic N) is 1. The van der Waals surface area contributed by atoms with Gasteiger partial charge in [0.25, 0.3) is 0 Å². The highest BCUT2D eigenvalue weighted by atomic mass is 35.5. The third kappa shape index (κ3) is 1.85. The molecule has 11 heavy (non-hydrogen) atoms. The van der Waals surface area contributed by atoms with Gasteiger partial charge in [-0.25, -0.2) is 8.42 Å². The average molecular weight is 196 g/mol. The van der Waals surface area contributed by atoms with E-state index in [9.17, 15) is 8.42 Å². The fourth-order valence-electron chi connectivity index (χ4n) is 0.597. The second-order valence-electron chi connectivity index (χ2n) is 2.10. The fourth-order valence-corrected chi connectivity index (χ4v) is 1.96. The molecule has 0 N–H and O–H groups in total. The number of nitriles is 1. The summed E-state index contributed by atoms with van der Waals surface area (Å²) in [4.78, 5) is 0. The molecule has 0 aromatic rings. The third-order valence-corrected chi connectivity index (χ3v) is 4.68. The third-order valence-electron chi connectivity index (χ3n) is 1.49. The van der Waals surface area contributed by atoms with E-state index in [1.165, 1.54) is 6.92 Å². The molecule has 0 aromatic carbocycles. The molecule has 0 spiro atoms. The lowest BCUT2D eigenvalue weighted by Gasteiger charge is -2.15. The quantitative estimate of drug-likeness (QED) is 0.638. The van der Waals surface area contributed by atoms with Gasteiger partial charge >= 0.3 is 0 Å². The summed E-state index contributed by atoms with van der Waals surface area (Å²) in [6.45, 7) is 3.04. The largest absolute Gasteiger partial charge is 0.230 e. The minimum absolute atomic E-state index is 0.0993. The SMILES string of the molecule is CC[C@@](Cl)(C#N)S(=O)(=O)CC. The van der Waals surface area contributed by atoms with Gasteiger partial charge < -0.3 is 0 Å². The van der Waals surface area contributed by atoms with Crippen molar-refractivity contribution in [3.05, 3.63) is 0 Å². The summed E-state index contributed by atoms with van der Waals surface area (Å²) < 4.78 is 20.5. The number of halogens is 1. The zero-order chi connectivity index (χ0) is 9.12. The van der Waals surface area contributed by atoms with E-state index in [1.54, 1.807) is 13.0 Å². The first-order valence-electron chi connectivity index (χ1n) is 3.26. The Labute approximate surface area is 71.9 Å². The molecule has 1 atom stereocenters. The maximum Gasteiger partial charge on any atom is 0.230 e. The van der Waals surface area contributed by atoms with Gasteiger partial charge in [-0.1, -0.05) is 25.4 Å². The molecule has 0 saturated carbocycles. The molecule has 3 nitrogen and oxygen atoms in total. The van der Waals surface area contributed by atoms with Gasteiger partial charge in [0.1, 0.15) is 6.07 Å². The van der Waals surface area contributed by atoms with Gasteiger partial charge in [0.15, 0.2) is 9.84 Å². The number of hydrogen-bond acceptors (Lipinski definition) is 3. The van der Waals surface area contributed by atoms with Crippen LogP contribution in [0.3, 0.4) is 0 Å². The standard InChI is InChI=1S/C6H10ClNO2S/c1-3-6(7,5-8)11(9,10)4-2/h3-4H2,1-2H3/t6-/m0/s1. The Kier molecular flexibility index (Phi) is 3.33. The molecule has 0 saturated heterocycles. The summed E-state index contributed by atoms with van der Waals surface area (Å²) in [6.07, 6.45) is 0.112. The average Bonchev–Trinajstić information content (AvgIpc) is 2.02. The summed E-state index contributed by atoms with van der Waals surface area (Å²) >= 11 is 5.55. The molecule has 0 aliphatic carbocycles. The lowest BCUT2D eigenvalue weighted by atomic mass is 10.3. The smallest absolute Gasteiger partial charge is 0.226 e. The van der Waals surface area contributed by atoms with Crippen molar-refractivity contribution in [2.75, 3.05) is 5.75 Å². The highest BCUT2D eigenvalue weighted by Crippen LogP contribution is 2.26. The van der Waals surface area contributed by atoms with Crippen LogP contribution in [-0.2, 0) is 9.84 Å². The van der Waals surface area contributed by atoms with Gasteiger partial charge in [-0.3, -0.25) is 0 Å². The van der Waals surface area contributed by atoms with Crippen molar-refractivity contribution < 1.29 is 8.42 Å². The van der Waals surface area contributed by atoms with Crippen molar-refractivity contribution in [3.8, 4) is 6.07 Å². The van der Waals surface area contributed by atoms with Gasteiger partial charge in [-0.05, 0) is 6.42 Å². The van der Waals surface area contributed by atoms with Gasteiger partial charge in [0.2, 0.25) is 4.21 Å². The van der Waals surface area contributed by atoms with Crippen LogP contribution in [0.4, 0.5) is 0 Å². The van der Waals surface area contributed by atoms with Gasteiger partial charge in [-0.2, -0.15) is 5.26 Å². The van der Waals surface area contributed by atoms with E-state index in [0.717, 1.165) is 0 Å². The highest BCUT2D eigenvalue weighted by molar-refractivity contribution is 7.94. The van der Waals surface area contributed by atoms with E-state index < -0.39 is 14.0 Å². The Morgan fingerprint density at radius 1 is 1.55 bits per heavy atom. The van der Waals surface area contributed by atoms with Crippen LogP contribution in [0, 0.1) is 11.3 Å². The lowest BCUT2D eigenvalue weighted by Crippen LogP contribution is -2.31. The molecule has 0 aromatic heterocycles. The minimum atomic E-state index is -3.46. The number of rotatable bonds is 3. The summed E-state index contributed by atoms with van der Waals surface area (Å²) in [5, 5.41) is 8.49. The van der Waals surface area contributed by atoms with Crippen LogP contribution >= 0.6 is 11.6 Å². The van der Waals surface area contributed by atoms with Crippen molar-refractivity contribution in [2.45, 2.75) is 24.5 Å². The molecule has 0 bridgehead atoms. The van der Waals surface area contributed by atoms with E-state index in [-0.39, 0.29) is 12.2 Å². The van der Waals surface area contributed by atoms with Crippen molar-refractivity contribution in [3.63, 3.8) is 0 Å².